The minimum absolute atomic E-state index is 0.175. The summed E-state index contributed by atoms with van der Waals surface area (Å²) in [6.45, 7) is 4.63. The van der Waals surface area contributed by atoms with Gasteiger partial charge in [0, 0.05) is 13.1 Å². The summed E-state index contributed by atoms with van der Waals surface area (Å²) in [6.07, 6.45) is 0. The summed E-state index contributed by atoms with van der Waals surface area (Å²) in [5.74, 6) is -0.953. The van der Waals surface area contributed by atoms with Crippen LogP contribution in [0.25, 0.3) is 0 Å². The number of benzene rings is 1. The molecule has 1 saturated heterocycles. The number of carbonyl (C=O) groups is 1. The Morgan fingerprint density at radius 3 is 2.19 bits per heavy atom. The molecule has 1 N–H and O–H groups in total. The Morgan fingerprint density at radius 1 is 1.19 bits per heavy atom. The van der Waals surface area contributed by atoms with E-state index in [0.717, 1.165) is 0 Å². The van der Waals surface area contributed by atoms with E-state index in [1.165, 1.54) is 16.4 Å². The highest BCUT2D eigenvalue weighted by atomic mass is 32.2. The van der Waals surface area contributed by atoms with Crippen LogP contribution in [0, 0.1) is 0 Å². The number of aliphatic carboxylic acids is 1. The second-order valence-corrected chi connectivity index (χ2v) is 7.41. The molecule has 1 fully saturated rings. The van der Waals surface area contributed by atoms with Crippen LogP contribution in [0.4, 0.5) is 0 Å². The maximum atomic E-state index is 12.4. The predicted octanol–water partition coefficient (Wildman–Crippen LogP) is 1.07. The van der Waals surface area contributed by atoms with Crippen molar-refractivity contribution in [1.82, 2.24) is 4.31 Å². The molecule has 0 radical (unpaired) electrons. The molecule has 0 amide bonds. The largest absolute Gasteiger partial charge is 0.481 e. The van der Waals surface area contributed by atoms with Crippen molar-refractivity contribution in [2.45, 2.75) is 24.2 Å². The molecule has 6 nitrogen and oxygen atoms in total. The van der Waals surface area contributed by atoms with E-state index < -0.39 is 21.4 Å². The molecule has 1 aliphatic rings. The first-order valence-corrected chi connectivity index (χ1v) is 8.12. The van der Waals surface area contributed by atoms with Gasteiger partial charge in [0.1, 0.15) is 0 Å². The fourth-order valence-corrected chi connectivity index (χ4v) is 3.51. The number of carboxylic acid groups (broad SMARTS) is 1. The van der Waals surface area contributed by atoms with Gasteiger partial charge in [-0.15, -0.1) is 0 Å². The van der Waals surface area contributed by atoms with Gasteiger partial charge in [-0.25, -0.2) is 8.42 Å². The molecule has 1 heterocycles. The van der Waals surface area contributed by atoms with Gasteiger partial charge in [-0.1, -0.05) is 12.1 Å². The molecule has 0 saturated carbocycles. The van der Waals surface area contributed by atoms with Crippen LogP contribution in [-0.2, 0) is 25.0 Å². The smallest absolute Gasteiger partial charge is 0.313 e. The van der Waals surface area contributed by atoms with Crippen molar-refractivity contribution in [3.05, 3.63) is 29.8 Å². The Balaban J connectivity index is 2.28. The molecule has 0 spiro atoms. The monoisotopic (exact) mass is 313 g/mol. The summed E-state index contributed by atoms with van der Waals surface area (Å²) in [4.78, 5) is 11.4. The Kier molecular flexibility index (Phi) is 4.36. The average molecular weight is 313 g/mol. The summed E-state index contributed by atoms with van der Waals surface area (Å²) in [6, 6.07) is 6.04. The fourth-order valence-electron chi connectivity index (χ4n) is 2.10. The van der Waals surface area contributed by atoms with E-state index in [4.69, 9.17) is 4.74 Å². The lowest BCUT2D eigenvalue weighted by Gasteiger charge is -2.26. The number of hydrogen-bond acceptors (Lipinski definition) is 4. The molecule has 1 aromatic rings. The fraction of sp³-hybridized carbons (Fsp3) is 0.500. The summed E-state index contributed by atoms with van der Waals surface area (Å²) < 4.78 is 31.4. The van der Waals surface area contributed by atoms with Crippen molar-refractivity contribution >= 4 is 16.0 Å². The first kappa shape index (κ1) is 15.9. The molecule has 0 aromatic heterocycles. The first-order chi connectivity index (χ1) is 9.76. The lowest BCUT2D eigenvalue weighted by atomic mass is 9.85. The Morgan fingerprint density at radius 2 is 1.71 bits per heavy atom. The SMILES string of the molecule is CC(C)(C(=O)O)c1ccc(S(=O)(=O)N2CCOCC2)cc1. The van der Waals surface area contributed by atoms with E-state index in [9.17, 15) is 18.3 Å². The number of nitrogens with zero attached hydrogens (tertiary/aromatic N) is 1. The standard InChI is InChI=1S/C14H19NO5S/c1-14(2,13(16)17)11-3-5-12(6-4-11)21(18,19)15-7-9-20-10-8-15/h3-6H,7-10H2,1-2H3,(H,16,17). The minimum atomic E-state index is -3.54. The summed E-state index contributed by atoms with van der Waals surface area (Å²) in [5, 5.41) is 9.19. The van der Waals surface area contributed by atoms with Crippen molar-refractivity contribution in [1.29, 1.82) is 0 Å². The Labute approximate surface area is 124 Å². The van der Waals surface area contributed by atoms with E-state index in [2.05, 4.69) is 0 Å². The number of sulfonamides is 1. The van der Waals surface area contributed by atoms with Gasteiger partial charge in [0.15, 0.2) is 0 Å². The van der Waals surface area contributed by atoms with Gasteiger partial charge >= 0.3 is 5.97 Å². The van der Waals surface area contributed by atoms with Gasteiger partial charge in [0.05, 0.1) is 23.5 Å². The van der Waals surface area contributed by atoms with Crippen molar-refractivity contribution in [2.75, 3.05) is 26.3 Å². The topological polar surface area (TPSA) is 83.9 Å². The van der Waals surface area contributed by atoms with E-state index >= 15 is 0 Å². The molecule has 7 heteroatoms. The lowest BCUT2D eigenvalue weighted by molar-refractivity contribution is -0.142. The normalized spacial score (nSPS) is 17.6. The first-order valence-electron chi connectivity index (χ1n) is 6.68. The highest BCUT2D eigenvalue weighted by molar-refractivity contribution is 7.89. The van der Waals surface area contributed by atoms with Crippen molar-refractivity contribution in [3.63, 3.8) is 0 Å². The van der Waals surface area contributed by atoms with Crippen LogP contribution in [0.2, 0.25) is 0 Å². The quantitative estimate of drug-likeness (QED) is 0.899. The van der Waals surface area contributed by atoms with E-state index in [1.54, 1.807) is 26.0 Å². The zero-order valence-electron chi connectivity index (χ0n) is 12.1. The molecule has 1 aliphatic heterocycles. The maximum Gasteiger partial charge on any atom is 0.313 e. The molecule has 1 aromatic carbocycles. The number of ether oxygens (including phenoxy) is 1. The third-order valence-corrected chi connectivity index (χ3v) is 5.63. The Bertz CT molecular complexity index is 615. The second kappa shape index (κ2) is 5.75. The summed E-state index contributed by atoms with van der Waals surface area (Å²) in [7, 11) is -3.54. The van der Waals surface area contributed by atoms with Gasteiger partial charge in [-0.05, 0) is 31.5 Å². The van der Waals surface area contributed by atoms with Crippen LogP contribution in [0.15, 0.2) is 29.2 Å². The van der Waals surface area contributed by atoms with Crippen molar-refractivity contribution < 1.29 is 23.1 Å². The average Bonchev–Trinajstić information content (AvgIpc) is 2.48. The number of carboxylic acids is 1. The van der Waals surface area contributed by atoms with Crippen LogP contribution in [0.5, 0.6) is 0 Å². The zero-order chi connectivity index (χ0) is 15.7. The maximum absolute atomic E-state index is 12.4. The molecular weight excluding hydrogens is 294 g/mol. The summed E-state index contributed by atoms with van der Waals surface area (Å²) >= 11 is 0. The van der Waals surface area contributed by atoms with Gasteiger partial charge in [0.2, 0.25) is 10.0 Å². The third kappa shape index (κ3) is 3.09. The van der Waals surface area contributed by atoms with Gasteiger partial charge < -0.3 is 9.84 Å². The van der Waals surface area contributed by atoms with E-state index in [1.807, 2.05) is 0 Å². The summed E-state index contributed by atoms with van der Waals surface area (Å²) in [5.41, 5.74) is -0.489. The number of morpholine rings is 1. The third-order valence-electron chi connectivity index (χ3n) is 3.72. The minimum Gasteiger partial charge on any atom is -0.481 e. The van der Waals surface area contributed by atoms with Crippen LogP contribution in [0.1, 0.15) is 19.4 Å². The van der Waals surface area contributed by atoms with E-state index in [-0.39, 0.29) is 4.90 Å². The molecular formula is C14H19NO5S. The molecule has 0 aliphatic carbocycles. The van der Waals surface area contributed by atoms with Crippen molar-refractivity contribution in [2.24, 2.45) is 0 Å². The van der Waals surface area contributed by atoms with E-state index in [0.29, 0.717) is 31.9 Å². The van der Waals surface area contributed by atoms with Gasteiger partial charge in [-0.3, -0.25) is 4.79 Å². The second-order valence-electron chi connectivity index (χ2n) is 5.47. The molecule has 0 atom stereocenters. The van der Waals surface area contributed by atoms with Crippen LogP contribution >= 0.6 is 0 Å². The zero-order valence-corrected chi connectivity index (χ0v) is 12.9. The lowest BCUT2D eigenvalue weighted by Crippen LogP contribution is -2.40. The molecule has 21 heavy (non-hydrogen) atoms. The predicted molar refractivity (Wildman–Crippen MR) is 76.7 cm³/mol. The van der Waals surface area contributed by atoms with Gasteiger partial charge in [-0.2, -0.15) is 4.31 Å². The van der Waals surface area contributed by atoms with Crippen LogP contribution in [-0.4, -0.2) is 50.1 Å². The molecule has 0 unspecified atom stereocenters. The highest BCUT2D eigenvalue weighted by Crippen LogP contribution is 2.25. The van der Waals surface area contributed by atoms with Crippen LogP contribution in [0.3, 0.4) is 0 Å². The van der Waals surface area contributed by atoms with Crippen molar-refractivity contribution in [3.8, 4) is 0 Å². The molecule has 2 rings (SSSR count). The molecule has 0 bridgehead atoms. The molecule has 116 valence electrons. The van der Waals surface area contributed by atoms with Crippen LogP contribution < -0.4 is 0 Å². The highest BCUT2D eigenvalue weighted by Gasteiger charge is 2.31. The number of hydrogen-bond donors (Lipinski definition) is 1. The number of rotatable bonds is 4. The Hall–Kier alpha value is -1.44. The van der Waals surface area contributed by atoms with Gasteiger partial charge in [0.25, 0.3) is 0 Å².